The van der Waals surface area contributed by atoms with Crippen LogP contribution in [0, 0.1) is 17.6 Å². The smallest absolute Gasteiger partial charge is 0.255 e. The molecule has 0 radical (unpaired) electrons. The Labute approximate surface area is 157 Å². The molecule has 1 aromatic heterocycles. The maximum absolute atomic E-state index is 14.0. The number of nitrogens with one attached hydrogen (secondary N) is 1. The number of hydrogen-bond acceptors (Lipinski definition) is 4. The van der Waals surface area contributed by atoms with Crippen LogP contribution < -0.4 is 10.5 Å². The largest absolute Gasteiger partial charge is 0.342 e. The normalized spacial score (nSPS) is 18.6. The van der Waals surface area contributed by atoms with Gasteiger partial charge in [0.2, 0.25) is 5.95 Å². The molecule has 1 N–H and O–H groups in total. The van der Waals surface area contributed by atoms with Gasteiger partial charge in [0, 0.05) is 43.9 Å². The van der Waals surface area contributed by atoms with E-state index in [0.29, 0.717) is 36.9 Å². The van der Waals surface area contributed by atoms with Gasteiger partial charge in [0.05, 0.1) is 5.69 Å². The summed E-state index contributed by atoms with van der Waals surface area (Å²) in [5.74, 6) is 0.229. The van der Waals surface area contributed by atoms with Gasteiger partial charge in [0.15, 0.2) is 0 Å². The van der Waals surface area contributed by atoms with E-state index in [9.17, 15) is 13.6 Å². The first-order chi connectivity index (χ1) is 13.0. The van der Waals surface area contributed by atoms with Crippen molar-refractivity contribution in [3.8, 4) is 0 Å². The Balaban J connectivity index is 1.55. The topological polar surface area (TPSA) is 52.2 Å². The van der Waals surface area contributed by atoms with E-state index in [-0.39, 0.29) is 17.7 Å². The number of aromatic nitrogens is 2. The van der Waals surface area contributed by atoms with E-state index in [2.05, 4.69) is 16.8 Å². The first-order valence-corrected chi connectivity index (χ1v) is 9.53. The van der Waals surface area contributed by atoms with Crippen molar-refractivity contribution in [1.29, 1.82) is 0 Å². The molecule has 1 aromatic carbocycles. The number of benzene rings is 1. The fourth-order valence-electron chi connectivity index (χ4n) is 3.89. The number of nitrogens with zero attached hydrogens (tertiary/aromatic N) is 3. The van der Waals surface area contributed by atoms with Crippen LogP contribution in [0.25, 0.3) is 0 Å². The van der Waals surface area contributed by atoms with Gasteiger partial charge in [-0.1, -0.05) is 13.0 Å². The first-order valence-electron chi connectivity index (χ1n) is 9.53. The van der Waals surface area contributed by atoms with Crippen LogP contribution in [0.3, 0.4) is 0 Å². The van der Waals surface area contributed by atoms with E-state index in [1.54, 1.807) is 0 Å². The second-order valence-corrected chi connectivity index (χ2v) is 7.65. The Morgan fingerprint density at radius 1 is 1.19 bits per heavy atom. The molecule has 4 rings (SSSR count). The number of hydrogen-bond donors (Lipinski definition) is 1. The van der Waals surface area contributed by atoms with Gasteiger partial charge in [-0.25, -0.2) is 13.8 Å². The van der Waals surface area contributed by atoms with Crippen LogP contribution in [0.4, 0.5) is 14.7 Å². The molecule has 144 valence electrons. The number of rotatable bonds is 3. The summed E-state index contributed by atoms with van der Waals surface area (Å²) >= 11 is 0. The third kappa shape index (κ3) is 3.74. The summed E-state index contributed by atoms with van der Waals surface area (Å²) in [6.07, 6.45) is 2.70. The van der Waals surface area contributed by atoms with Crippen LogP contribution in [0.15, 0.2) is 23.0 Å². The summed E-state index contributed by atoms with van der Waals surface area (Å²) in [7, 11) is 0. The third-order valence-corrected chi connectivity index (χ3v) is 5.67. The maximum atomic E-state index is 14.0. The van der Waals surface area contributed by atoms with Crippen molar-refractivity contribution in [2.24, 2.45) is 5.92 Å². The standard InChI is InChI=1S/C20H24F2N4O/c1-13-5-9-26(10-6-13)20-23-18-12-25(8-7-14(18)19(27)24-20)11-15-16(21)3-2-4-17(15)22/h2-4,13H,5-12H2,1H3,(H,23,24,27). The Morgan fingerprint density at radius 2 is 1.89 bits per heavy atom. The van der Waals surface area contributed by atoms with Gasteiger partial charge in [-0.05, 0) is 37.3 Å². The predicted octanol–water partition coefficient (Wildman–Crippen LogP) is 2.84. The molecule has 0 atom stereocenters. The summed E-state index contributed by atoms with van der Waals surface area (Å²) in [6.45, 7) is 5.17. The fraction of sp³-hybridized carbons (Fsp3) is 0.500. The molecule has 3 heterocycles. The summed E-state index contributed by atoms with van der Waals surface area (Å²) < 4.78 is 27.9. The van der Waals surface area contributed by atoms with Gasteiger partial charge >= 0.3 is 0 Å². The SMILES string of the molecule is CC1CCN(c2nc3c(c(=O)[nH]2)CCN(Cc2c(F)cccc2F)C3)CC1. The molecule has 2 aliphatic rings. The van der Waals surface area contributed by atoms with Crippen LogP contribution in [-0.4, -0.2) is 34.5 Å². The molecule has 0 amide bonds. The summed E-state index contributed by atoms with van der Waals surface area (Å²) in [6, 6.07) is 3.91. The number of anilines is 1. The van der Waals surface area contributed by atoms with Crippen molar-refractivity contribution in [3.05, 3.63) is 57.0 Å². The van der Waals surface area contributed by atoms with E-state index in [0.717, 1.165) is 31.6 Å². The highest BCUT2D eigenvalue weighted by Gasteiger charge is 2.25. The van der Waals surface area contributed by atoms with Gasteiger partial charge < -0.3 is 4.90 Å². The molecule has 2 aliphatic heterocycles. The quantitative estimate of drug-likeness (QED) is 0.898. The molecule has 2 aromatic rings. The Morgan fingerprint density at radius 3 is 2.59 bits per heavy atom. The van der Waals surface area contributed by atoms with Gasteiger partial charge in [-0.3, -0.25) is 14.7 Å². The molecule has 0 spiro atoms. The maximum Gasteiger partial charge on any atom is 0.255 e. The molecular weight excluding hydrogens is 350 g/mol. The van der Waals surface area contributed by atoms with Crippen molar-refractivity contribution < 1.29 is 8.78 Å². The van der Waals surface area contributed by atoms with Crippen molar-refractivity contribution in [2.45, 2.75) is 39.3 Å². The fourth-order valence-corrected chi connectivity index (χ4v) is 3.89. The van der Waals surface area contributed by atoms with Crippen molar-refractivity contribution in [3.63, 3.8) is 0 Å². The zero-order chi connectivity index (χ0) is 19.0. The van der Waals surface area contributed by atoms with Crippen molar-refractivity contribution in [1.82, 2.24) is 14.9 Å². The van der Waals surface area contributed by atoms with Gasteiger partial charge in [-0.15, -0.1) is 0 Å². The van der Waals surface area contributed by atoms with E-state index < -0.39 is 11.6 Å². The minimum absolute atomic E-state index is 0.0658. The zero-order valence-electron chi connectivity index (χ0n) is 15.5. The molecule has 0 aliphatic carbocycles. The summed E-state index contributed by atoms with van der Waals surface area (Å²) in [5.41, 5.74) is 1.38. The van der Waals surface area contributed by atoms with Gasteiger partial charge in [-0.2, -0.15) is 0 Å². The van der Waals surface area contributed by atoms with E-state index in [1.807, 2.05) is 4.90 Å². The predicted molar refractivity (Wildman–Crippen MR) is 99.6 cm³/mol. The molecule has 1 saturated heterocycles. The lowest BCUT2D eigenvalue weighted by Crippen LogP contribution is -2.39. The van der Waals surface area contributed by atoms with E-state index in [1.165, 1.54) is 18.2 Å². The highest BCUT2D eigenvalue weighted by molar-refractivity contribution is 5.35. The molecule has 1 fully saturated rings. The number of piperidine rings is 1. The number of fused-ring (bicyclic) bond motifs is 1. The van der Waals surface area contributed by atoms with E-state index >= 15 is 0 Å². The summed E-state index contributed by atoms with van der Waals surface area (Å²) in [4.78, 5) is 24.2. The molecule has 27 heavy (non-hydrogen) atoms. The summed E-state index contributed by atoms with van der Waals surface area (Å²) in [5, 5.41) is 0. The highest BCUT2D eigenvalue weighted by Crippen LogP contribution is 2.23. The van der Waals surface area contributed by atoms with E-state index in [4.69, 9.17) is 4.98 Å². The van der Waals surface area contributed by atoms with Crippen molar-refractivity contribution in [2.75, 3.05) is 24.5 Å². The molecule has 0 unspecified atom stereocenters. The van der Waals surface area contributed by atoms with Gasteiger partial charge in [0.25, 0.3) is 5.56 Å². The number of aromatic amines is 1. The second-order valence-electron chi connectivity index (χ2n) is 7.65. The molecule has 7 heteroatoms. The average molecular weight is 374 g/mol. The third-order valence-electron chi connectivity index (χ3n) is 5.67. The lowest BCUT2D eigenvalue weighted by atomic mass is 9.99. The highest BCUT2D eigenvalue weighted by atomic mass is 19.1. The molecule has 5 nitrogen and oxygen atoms in total. The minimum Gasteiger partial charge on any atom is -0.342 e. The van der Waals surface area contributed by atoms with Crippen LogP contribution in [0.5, 0.6) is 0 Å². The van der Waals surface area contributed by atoms with Crippen LogP contribution in [0.1, 0.15) is 36.6 Å². The average Bonchev–Trinajstić information content (AvgIpc) is 2.65. The molecule has 0 bridgehead atoms. The van der Waals surface area contributed by atoms with Gasteiger partial charge in [0.1, 0.15) is 11.6 Å². The zero-order valence-corrected chi connectivity index (χ0v) is 15.5. The second kappa shape index (κ2) is 7.38. The van der Waals surface area contributed by atoms with Crippen molar-refractivity contribution >= 4 is 5.95 Å². The Bertz CT molecular complexity index is 870. The molecular formula is C20H24F2N4O. The molecule has 0 saturated carbocycles. The lowest BCUT2D eigenvalue weighted by molar-refractivity contribution is 0.233. The Hall–Kier alpha value is -2.28. The van der Waals surface area contributed by atoms with Crippen LogP contribution in [-0.2, 0) is 19.5 Å². The minimum atomic E-state index is -0.539. The lowest BCUT2D eigenvalue weighted by Gasteiger charge is -2.32. The van der Waals surface area contributed by atoms with Crippen LogP contribution >= 0.6 is 0 Å². The number of H-pyrrole nitrogens is 1. The Kier molecular flexibility index (Phi) is 4.95. The monoisotopic (exact) mass is 374 g/mol. The number of halogens is 2. The first kappa shape index (κ1) is 18.1. The van der Waals surface area contributed by atoms with Crippen LogP contribution in [0.2, 0.25) is 0 Å².